The zero-order valence-corrected chi connectivity index (χ0v) is 16.2. The van der Waals surface area contributed by atoms with Gasteiger partial charge >= 0.3 is 0 Å². The predicted octanol–water partition coefficient (Wildman–Crippen LogP) is 3.76. The lowest BCUT2D eigenvalue weighted by Crippen LogP contribution is -2.49. The minimum Gasteiger partial charge on any atom is -0.461 e. The van der Waals surface area contributed by atoms with E-state index in [-0.39, 0.29) is 11.4 Å². The first kappa shape index (κ1) is 19.6. The predicted molar refractivity (Wildman–Crippen MR) is 103 cm³/mol. The number of alkyl halides is 1. The largest absolute Gasteiger partial charge is 0.461 e. The van der Waals surface area contributed by atoms with Crippen molar-refractivity contribution in [1.29, 1.82) is 0 Å². The van der Waals surface area contributed by atoms with Crippen LogP contribution >= 0.6 is 23.4 Å². The van der Waals surface area contributed by atoms with Crippen LogP contribution in [-0.4, -0.2) is 39.1 Å². The lowest BCUT2D eigenvalue weighted by Gasteiger charge is -2.29. The molecule has 0 amide bonds. The minimum atomic E-state index is -1.01. The minimum absolute atomic E-state index is 0.168. The molecule has 0 fully saturated rings. The molecule has 0 saturated carbocycles. The van der Waals surface area contributed by atoms with Gasteiger partial charge in [-0.1, -0.05) is 6.92 Å². The molecule has 4 nitrogen and oxygen atoms in total. The number of fused-ring (bicyclic) bond motifs is 1. The second-order valence-corrected chi connectivity index (χ2v) is 8.05. The third-order valence-corrected chi connectivity index (χ3v) is 5.62. The van der Waals surface area contributed by atoms with Gasteiger partial charge in [-0.15, -0.1) is 11.6 Å². The maximum atomic E-state index is 10.7. The first-order valence-electron chi connectivity index (χ1n) is 8.34. The topological polar surface area (TPSA) is 72.3 Å². The van der Waals surface area contributed by atoms with Crippen molar-refractivity contribution >= 4 is 34.3 Å². The van der Waals surface area contributed by atoms with Crippen LogP contribution in [-0.2, 0) is 12.8 Å². The number of hydrogen-bond donors (Lipinski definition) is 2. The number of furan rings is 1. The summed E-state index contributed by atoms with van der Waals surface area (Å²) in [6.45, 7) is 3.85. The summed E-state index contributed by atoms with van der Waals surface area (Å²) in [7, 11) is 0. The van der Waals surface area contributed by atoms with Crippen LogP contribution in [0.5, 0.6) is 0 Å². The molecule has 3 atom stereocenters. The average molecular weight is 371 g/mol. The Morgan fingerprint density at radius 3 is 2.92 bits per heavy atom. The fourth-order valence-corrected chi connectivity index (χ4v) is 3.50. The maximum Gasteiger partial charge on any atom is 0.137 e. The molecular formula is C18H27ClN2O2S. The SMILES string of the molecule is CCC(Cl)CCc1cc2c(CC(C)(O)C(N)CSC)nccc2o1. The summed E-state index contributed by atoms with van der Waals surface area (Å²) in [4.78, 5) is 4.45. The van der Waals surface area contributed by atoms with E-state index in [1.165, 1.54) is 0 Å². The standard InChI is InChI=1S/C18H27ClN2O2S/c1-4-12(19)5-6-13-9-14-15(21-8-7-16(14)23-13)10-18(2,22)17(20)11-24-3/h7-9,12,17,22H,4-6,10-11,20H2,1-3H3. The van der Waals surface area contributed by atoms with Crippen molar-refractivity contribution in [3.05, 3.63) is 29.8 Å². The molecule has 134 valence electrons. The quantitative estimate of drug-likeness (QED) is 0.657. The maximum absolute atomic E-state index is 10.7. The van der Waals surface area contributed by atoms with Crippen LogP contribution in [0.1, 0.15) is 38.1 Å². The Morgan fingerprint density at radius 1 is 1.50 bits per heavy atom. The van der Waals surface area contributed by atoms with Gasteiger partial charge in [-0.3, -0.25) is 4.98 Å². The summed E-state index contributed by atoms with van der Waals surface area (Å²) < 4.78 is 5.91. The molecule has 0 aliphatic rings. The Hall–Kier alpha value is -0.750. The lowest BCUT2D eigenvalue weighted by molar-refractivity contribution is 0.0398. The molecule has 0 bridgehead atoms. The Kier molecular flexibility index (Phi) is 6.99. The Bertz CT molecular complexity index is 660. The molecule has 3 unspecified atom stereocenters. The van der Waals surface area contributed by atoms with E-state index in [0.29, 0.717) is 12.2 Å². The zero-order chi connectivity index (χ0) is 17.7. The number of aliphatic hydroxyl groups is 1. The molecule has 0 radical (unpaired) electrons. The summed E-state index contributed by atoms with van der Waals surface area (Å²) in [6, 6.07) is 3.57. The van der Waals surface area contributed by atoms with Crippen molar-refractivity contribution in [2.45, 2.75) is 56.6 Å². The van der Waals surface area contributed by atoms with Gasteiger partial charge in [-0.2, -0.15) is 11.8 Å². The smallest absolute Gasteiger partial charge is 0.137 e. The number of pyridine rings is 1. The average Bonchev–Trinajstić information content (AvgIpc) is 2.96. The monoisotopic (exact) mass is 370 g/mol. The highest BCUT2D eigenvalue weighted by molar-refractivity contribution is 7.98. The molecule has 2 rings (SSSR count). The summed E-state index contributed by atoms with van der Waals surface area (Å²) in [5.74, 6) is 1.61. The zero-order valence-electron chi connectivity index (χ0n) is 14.6. The van der Waals surface area contributed by atoms with Gasteiger partial charge in [0.1, 0.15) is 11.3 Å². The van der Waals surface area contributed by atoms with Crippen molar-refractivity contribution < 1.29 is 9.52 Å². The van der Waals surface area contributed by atoms with E-state index < -0.39 is 5.60 Å². The number of rotatable bonds is 9. The number of halogens is 1. The van der Waals surface area contributed by atoms with Gasteiger partial charge in [0.15, 0.2) is 0 Å². The highest BCUT2D eigenvalue weighted by atomic mass is 35.5. The Morgan fingerprint density at radius 2 is 2.25 bits per heavy atom. The summed E-state index contributed by atoms with van der Waals surface area (Å²) >= 11 is 7.82. The number of aryl methyl sites for hydroxylation is 1. The van der Waals surface area contributed by atoms with Crippen LogP contribution in [0.15, 0.2) is 22.7 Å². The number of nitrogens with zero attached hydrogens (tertiary/aromatic N) is 1. The van der Waals surface area contributed by atoms with Crippen molar-refractivity contribution in [2.24, 2.45) is 5.73 Å². The second kappa shape index (κ2) is 8.56. The number of thioether (sulfide) groups is 1. The number of hydrogen-bond acceptors (Lipinski definition) is 5. The highest BCUT2D eigenvalue weighted by Gasteiger charge is 2.30. The molecular weight excluding hydrogens is 344 g/mol. The second-order valence-electron chi connectivity index (χ2n) is 6.52. The van der Waals surface area contributed by atoms with Gasteiger partial charge in [-0.05, 0) is 38.2 Å². The Balaban J connectivity index is 2.20. The van der Waals surface area contributed by atoms with E-state index in [4.69, 9.17) is 21.8 Å². The highest BCUT2D eigenvalue weighted by Crippen LogP contribution is 2.27. The number of nitrogens with two attached hydrogens (primary N) is 1. The van der Waals surface area contributed by atoms with Crippen molar-refractivity contribution in [3.63, 3.8) is 0 Å². The molecule has 2 aromatic heterocycles. The van der Waals surface area contributed by atoms with E-state index in [1.54, 1.807) is 24.9 Å². The van der Waals surface area contributed by atoms with E-state index in [9.17, 15) is 5.11 Å². The fourth-order valence-electron chi connectivity index (χ4n) is 2.67. The Labute approximate surface area is 153 Å². The van der Waals surface area contributed by atoms with Crippen LogP contribution in [0.2, 0.25) is 0 Å². The van der Waals surface area contributed by atoms with Crippen molar-refractivity contribution in [3.8, 4) is 0 Å². The molecule has 24 heavy (non-hydrogen) atoms. The fraction of sp³-hybridized carbons (Fsp3) is 0.611. The van der Waals surface area contributed by atoms with Gasteiger partial charge in [0.25, 0.3) is 0 Å². The van der Waals surface area contributed by atoms with Crippen LogP contribution in [0, 0.1) is 0 Å². The van der Waals surface area contributed by atoms with Gasteiger partial charge < -0.3 is 15.3 Å². The summed E-state index contributed by atoms with van der Waals surface area (Å²) in [5.41, 5.74) is 6.73. The van der Waals surface area contributed by atoms with E-state index in [0.717, 1.165) is 41.7 Å². The molecule has 2 aromatic rings. The lowest BCUT2D eigenvalue weighted by atomic mass is 9.91. The summed E-state index contributed by atoms with van der Waals surface area (Å²) in [5, 5.41) is 11.8. The molecule has 0 saturated heterocycles. The molecule has 0 spiro atoms. The molecule has 2 heterocycles. The van der Waals surface area contributed by atoms with Gasteiger partial charge in [0.2, 0.25) is 0 Å². The first-order chi connectivity index (χ1) is 11.4. The van der Waals surface area contributed by atoms with Gasteiger partial charge in [0, 0.05) is 41.6 Å². The van der Waals surface area contributed by atoms with Crippen LogP contribution in [0.25, 0.3) is 11.0 Å². The van der Waals surface area contributed by atoms with Gasteiger partial charge in [-0.25, -0.2) is 0 Å². The molecule has 0 aliphatic carbocycles. The molecule has 0 aromatic carbocycles. The van der Waals surface area contributed by atoms with Crippen molar-refractivity contribution in [2.75, 3.05) is 12.0 Å². The third-order valence-electron chi connectivity index (χ3n) is 4.40. The summed E-state index contributed by atoms with van der Waals surface area (Å²) in [6.07, 6.45) is 6.74. The molecule has 3 N–H and O–H groups in total. The van der Waals surface area contributed by atoms with E-state index >= 15 is 0 Å². The molecule has 0 aliphatic heterocycles. The van der Waals surface area contributed by atoms with Crippen LogP contribution in [0.3, 0.4) is 0 Å². The first-order valence-corrected chi connectivity index (χ1v) is 10.2. The van der Waals surface area contributed by atoms with E-state index in [2.05, 4.69) is 11.9 Å². The molecule has 6 heteroatoms. The normalized spacial score (nSPS) is 16.9. The third kappa shape index (κ3) is 4.88. The van der Waals surface area contributed by atoms with E-state index in [1.807, 2.05) is 18.4 Å². The van der Waals surface area contributed by atoms with Crippen LogP contribution < -0.4 is 5.73 Å². The van der Waals surface area contributed by atoms with Gasteiger partial charge in [0.05, 0.1) is 11.3 Å². The van der Waals surface area contributed by atoms with Crippen LogP contribution in [0.4, 0.5) is 0 Å². The van der Waals surface area contributed by atoms with Crippen molar-refractivity contribution in [1.82, 2.24) is 4.98 Å². The number of aromatic nitrogens is 1.